The molecule has 0 amide bonds. The third-order valence-corrected chi connectivity index (χ3v) is 3.02. The maximum Gasteiger partial charge on any atom is 0.231 e. The van der Waals surface area contributed by atoms with Crippen LogP contribution in [0.2, 0.25) is 0 Å². The zero-order chi connectivity index (χ0) is 12.4. The normalized spacial score (nSPS) is 12.9. The van der Waals surface area contributed by atoms with Gasteiger partial charge in [-0.3, -0.25) is 0 Å². The Bertz CT molecular complexity index is 551. The summed E-state index contributed by atoms with van der Waals surface area (Å²) in [5.41, 5.74) is 3.25. The Kier molecular flexibility index (Phi) is 2.90. The van der Waals surface area contributed by atoms with Gasteiger partial charge in [0.05, 0.1) is 12.0 Å². The van der Waals surface area contributed by atoms with Crippen molar-refractivity contribution in [1.82, 2.24) is 15.3 Å². The Morgan fingerprint density at radius 1 is 1.33 bits per heavy atom. The summed E-state index contributed by atoms with van der Waals surface area (Å²) >= 11 is 0. The fourth-order valence-corrected chi connectivity index (χ4v) is 2.01. The minimum atomic E-state index is 0.310. The lowest BCUT2D eigenvalue weighted by Gasteiger charge is -2.07. The van der Waals surface area contributed by atoms with Crippen LogP contribution < -0.4 is 14.8 Å². The van der Waals surface area contributed by atoms with Gasteiger partial charge in [-0.2, -0.15) is 0 Å². The predicted molar refractivity (Wildman–Crippen MR) is 66.4 cm³/mol. The smallest absolute Gasteiger partial charge is 0.231 e. The average molecular weight is 245 g/mol. The quantitative estimate of drug-likeness (QED) is 0.861. The van der Waals surface area contributed by atoms with Crippen LogP contribution in [0.25, 0.3) is 0 Å². The molecular weight excluding hydrogens is 230 g/mol. The van der Waals surface area contributed by atoms with Crippen molar-refractivity contribution in [3.8, 4) is 11.5 Å². The fraction of sp³-hybridized carbons (Fsp3) is 0.308. The molecule has 0 atom stereocenters. The van der Waals surface area contributed by atoms with E-state index in [9.17, 15) is 0 Å². The standard InChI is InChI=1S/C13H15N3O2/c1-9-11(16-7-15-9)6-14-5-10-3-2-4-12-13(10)18-8-17-12/h2-4,7,14H,5-6,8H2,1H3,(H,15,16). The second kappa shape index (κ2) is 4.70. The first-order valence-corrected chi connectivity index (χ1v) is 5.91. The Balaban J connectivity index is 1.64. The molecule has 2 N–H and O–H groups in total. The van der Waals surface area contributed by atoms with Crippen LogP contribution in [0, 0.1) is 6.92 Å². The predicted octanol–water partition coefficient (Wildman–Crippen LogP) is 1.74. The van der Waals surface area contributed by atoms with Crippen LogP contribution in [0.5, 0.6) is 11.5 Å². The molecule has 0 saturated heterocycles. The zero-order valence-electron chi connectivity index (χ0n) is 10.2. The van der Waals surface area contributed by atoms with Crippen LogP contribution >= 0.6 is 0 Å². The van der Waals surface area contributed by atoms with Crippen LogP contribution in [0.15, 0.2) is 24.5 Å². The maximum atomic E-state index is 5.46. The number of imidazole rings is 1. The molecule has 0 saturated carbocycles. The van der Waals surface area contributed by atoms with Gasteiger partial charge in [-0.05, 0) is 13.0 Å². The second-order valence-electron chi connectivity index (χ2n) is 4.23. The first kappa shape index (κ1) is 11.1. The molecule has 2 heterocycles. The minimum Gasteiger partial charge on any atom is -0.454 e. The Morgan fingerprint density at radius 2 is 2.28 bits per heavy atom. The number of fused-ring (bicyclic) bond motifs is 1. The lowest BCUT2D eigenvalue weighted by Crippen LogP contribution is -2.14. The van der Waals surface area contributed by atoms with Gasteiger partial charge in [0.2, 0.25) is 6.79 Å². The van der Waals surface area contributed by atoms with Crippen molar-refractivity contribution in [2.45, 2.75) is 20.0 Å². The van der Waals surface area contributed by atoms with Crippen molar-refractivity contribution in [3.05, 3.63) is 41.5 Å². The molecule has 0 bridgehead atoms. The van der Waals surface area contributed by atoms with Crippen LogP contribution in [-0.4, -0.2) is 16.8 Å². The summed E-state index contributed by atoms with van der Waals surface area (Å²) in [6, 6.07) is 5.94. The van der Waals surface area contributed by atoms with Gasteiger partial charge >= 0.3 is 0 Å². The summed E-state index contributed by atoms with van der Waals surface area (Å²) in [5, 5.41) is 3.36. The number of hydrogen-bond acceptors (Lipinski definition) is 4. The summed E-state index contributed by atoms with van der Waals surface area (Å²) in [7, 11) is 0. The molecular formula is C13H15N3O2. The average Bonchev–Trinajstić information content (AvgIpc) is 2.99. The van der Waals surface area contributed by atoms with E-state index in [2.05, 4.69) is 15.3 Å². The molecule has 0 fully saturated rings. The number of aryl methyl sites for hydroxylation is 1. The van der Waals surface area contributed by atoms with Crippen molar-refractivity contribution in [2.75, 3.05) is 6.79 Å². The van der Waals surface area contributed by atoms with Gasteiger partial charge in [0, 0.05) is 24.3 Å². The van der Waals surface area contributed by atoms with Gasteiger partial charge in [-0.1, -0.05) is 12.1 Å². The SMILES string of the molecule is Cc1[nH]cnc1CNCc1cccc2c1OCO2. The molecule has 5 heteroatoms. The van der Waals surface area contributed by atoms with E-state index >= 15 is 0 Å². The highest BCUT2D eigenvalue weighted by Crippen LogP contribution is 2.35. The Hall–Kier alpha value is -2.01. The lowest BCUT2D eigenvalue weighted by atomic mass is 10.2. The lowest BCUT2D eigenvalue weighted by molar-refractivity contribution is 0.173. The molecule has 94 valence electrons. The molecule has 18 heavy (non-hydrogen) atoms. The molecule has 1 aromatic heterocycles. The second-order valence-corrected chi connectivity index (χ2v) is 4.23. The summed E-state index contributed by atoms with van der Waals surface area (Å²) in [6.07, 6.45) is 1.71. The minimum absolute atomic E-state index is 0.310. The van der Waals surface area contributed by atoms with E-state index in [1.807, 2.05) is 25.1 Å². The van der Waals surface area contributed by atoms with Crippen molar-refractivity contribution >= 4 is 0 Å². The van der Waals surface area contributed by atoms with Crippen molar-refractivity contribution < 1.29 is 9.47 Å². The van der Waals surface area contributed by atoms with E-state index in [0.29, 0.717) is 6.79 Å². The zero-order valence-corrected chi connectivity index (χ0v) is 10.2. The third-order valence-electron chi connectivity index (χ3n) is 3.02. The van der Waals surface area contributed by atoms with E-state index in [4.69, 9.17) is 9.47 Å². The molecule has 2 aromatic rings. The van der Waals surface area contributed by atoms with Crippen LogP contribution in [0.4, 0.5) is 0 Å². The molecule has 5 nitrogen and oxygen atoms in total. The van der Waals surface area contributed by atoms with Crippen LogP contribution in [0.1, 0.15) is 17.0 Å². The molecule has 1 aliphatic rings. The van der Waals surface area contributed by atoms with Crippen molar-refractivity contribution in [1.29, 1.82) is 0 Å². The topological polar surface area (TPSA) is 59.2 Å². The third kappa shape index (κ3) is 2.04. The number of nitrogens with zero attached hydrogens (tertiary/aromatic N) is 1. The molecule has 1 aromatic carbocycles. The summed E-state index contributed by atoms with van der Waals surface area (Å²) in [4.78, 5) is 7.31. The van der Waals surface area contributed by atoms with Gasteiger partial charge in [-0.25, -0.2) is 4.98 Å². The number of ether oxygens (including phenoxy) is 2. The number of benzene rings is 1. The molecule has 0 spiro atoms. The summed E-state index contributed by atoms with van der Waals surface area (Å²) < 4.78 is 10.8. The fourth-order valence-electron chi connectivity index (χ4n) is 2.01. The summed E-state index contributed by atoms with van der Waals surface area (Å²) in [5.74, 6) is 1.67. The number of aromatic nitrogens is 2. The molecule has 1 aliphatic heterocycles. The summed E-state index contributed by atoms with van der Waals surface area (Å²) in [6.45, 7) is 3.80. The molecule has 0 radical (unpaired) electrons. The van der Waals surface area contributed by atoms with Crippen molar-refractivity contribution in [2.24, 2.45) is 0 Å². The molecule has 0 aliphatic carbocycles. The highest BCUT2D eigenvalue weighted by atomic mass is 16.7. The van der Waals surface area contributed by atoms with E-state index in [1.165, 1.54) is 0 Å². The highest BCUT2D eigenvalue weighted by molar-refractivity contribution is 5.48. The van der Waals surface area contributed by atoms with Crippen LogP contribution in [-0.2, 0) is 13.1 Å². The van der Waals surface area contributed by atoms with Gasteiger partial charge in [0.1, 0.15) is 0 Å². The van der Waals surface area contributed by atoms with Crippen molar-refractivity contribution in [3.63, 3.8) is 0 Å². The maximum absolute atomic E-state index is 5.46. The van der Waals surface area contributed by atoms with Gasteiger partial charge in [-0.15, -0.1) is 0 Å². The first-order valence-electron chi connectivity index (χ1n) is 5.91. The van der Waals surface area contributed by atoms with Gasteiger partial charge < -0.3 is 19.8 Å². The first-order chi connectivity index (χ1) is 8.84. The van der Waals surface area contributed by atoms with Gasteiger partial charge in [0.15, 0.2) is 11.5 Å². The highest BCUT2D eigenvalue weighted by Gasteiger charge is 2.16. The molecule has 3 rings (SSSR count). The van der Waals surface area contributed by atoms with Gasteiger partial charge in [0.25, 0.3) is 0 Å². The number of nitrogens with one attached hydrogen (secondary N) is 2. The monoisotopic (exact) mass is 245 g/mol. The van der Waals surface area contributed by atoms with E-state index in [1.54, 1.807) is 6.33 Å². The largest absolute Gasteiger partial charge is 0.454 e. The number of hydrogen-bond donors (Lipinski definition) is 2. The van der Waals surface area contributed by atoms with Crippen LogP contribution in [0.3, 0.4) is 0 Å². The van der Waals surface area contributed by atoms with E-state index in [0.717, 1.165) is 41.5 Å². The number of para-hydroxylation sites is 1. The number of aromatic amines is 1. The number of H-pyrrole nitrogens is 1. The Labute approximate surface area is 105 Å². The van der Waals surface area contributed by atoms with E-state index < -0.39 is 0 Å². The van der Waals surface area contributed by atoms with E-state index in [-0.39, 0.29) is 0 Å². The molecule has 0 unspecified atom stereocenters. The number of rotatable bonds is 4. The Morgan fingerprint density at radius 3 is 3.11 bits per heavy atom.